The molecule has 152 valence electrons. The summed E-state index contributed by atoms with van der Waals surface area (Å²) in [6.45, 7) is 7.59. The Balaban J connectivity index is 1.48. The number of aromatic hydroxyl groups is 1. The second-order valence-electron chi connectivity index (χ2n) is 7.54. The molecule has 2 N–H and O–H groups in total. The average molecular weight is 413 g/mol. The van der Waals surface area contributed by atoms with Gasteiger partial charge in [-0.1, -0.05) is 11.2 Å². The number of carbonyl (C=O) groups is 1. The minimum atomic E-state index is -1.01. The lowest BCUT2D eigenvalue weighted by atomic mass is 9.86. The predicted octanol–water partition coefficient (Wildman–Crippen LogP) is 3.83. The van der Waals surface area contributed by atoms with Crippen LogP contribution in [-0.2, 0) is 17.8 Å². The van der Waals surface area contributed by atoms with Gasteiger partial charge in [-0.3, -0.25) is 4.79 Å². The maximum Gasteiger partial charge on any atom is 0.268 e. The number of carbonyl (C=O) groups excluding carboxylic acids is 1. The molecule has 0 fully saturated rings. The van der Waals surface area contributed by atoms with Crippen molar-refractivity contribution in [2.75, 3.05) is 0 Å². The number of hydrogen-bond donors (Lipinski definition) is 2. The van der Waals surface area contributed by atoms with Gasteiger partial charge in [-0.2, -0.15) is 4.98 Å². The van der Waals surface area contributed by atoms with Crippen LogP contribution in [0.15, 0.2) is 22.0 Å². The van der Waals surface area contributed by atoms with Gasteiger partial charge in [0.1, 0.15) is 11.5 Å². The van der Waals surface area contributed by atoms with Crippen LogP contribution in [0.4, 0.5) is 0 Å². The number of amides is 1. The van der Waals surface area contributed by atoms with Crippen molar-refractivity contribution in [1.82, 2.24) is 15.5 Å². The van der Waals surface area contributed by atoms with Crippen molar-refractivity contribution >= 4 is 17.2 Å². The molecule has 0 radical (unpaired) electrons. The lowest BCUT2D eigenvalue weighted by Crippen LogP contribution is -2.50. The van der Waals surface area contributed by atoms with E-state index in [-0.39, 0.29) is 12.5 Å². The summed E-state index contributed by atoms with van der Waals surface area (Å²) in [7, 11) is 0. The highest BCUT2D eigenvalue weighted by molar-refractivity contribution is 7.13. The molecule has 7 nitrogen and oxygen atoms in total. The first-order valence-corrected chi connectivity index (χ1v) is 10.3. The standard InChI is InChI=1S/C21H23N3O4S/c1-11-12(2)18-14(13(3)17(11)25)7-8-21(4,27-18)20(26)22-10-16-23-19(28-24-16)15-6-5-9-29-15/h5-6,9,25H,7-8,10H2,1-4H3,(H,22,26). The summed E-state index contributed by atoms with van der Waals surface area (Å²) in [5.41, 5.74) is 2.42. The molecule has 1 aliphatic rings. The molecule has 0 bridgehead atoms. The SMILES string of the molecule is Cc1c(C)c2c(c(C)c1O)CCC(C)(C(=O)NCc1noc(-c3cccs3)n1)O2. The largest absolute Gasteiger partial charge is 0.507 e. The molecule has 0 spiro atoms. The van der Waals surface area contributed by atoms with Crippen LogP contribution in [-0.4, -0.2) is 26.8 Å². The van der Waals surface area contributed by atoms with Gasteiger partial charge in [0.25, 0.3) is 11.8 Å². The van der Waals surface area contributed by atoms with Gasteiger partial charge in [0.05, 0.1) is 11.4 Å². The third-order valence-corrected chi connectivity index (χ3v) is 6.46. The molecular weight excluding hydrogens is 390 g/mol. The summed E-state index contributed by atoms with van der Waals surface area (Å²) >= 11 is 1.51. The molecule has 8 heteroatoms. The monoisotopic (exact) mass is 413 g/mol. The number of thiophene rings is 1. The highest BCUT2D eigenvalue weighted by atomic mass is 32.1. The zero-order chi connectivity index (χ0) is 20.8. The van der Waals surface area contributed by atoms with Crippen molar-refractivity contribution < 1.29 is 19.2 Å². The number of nitrogens with zero attached hydrogens (tertiary/aromatic N) is 2. The molecule has 0 aliphatic carbocycles. The molecule has 29 heavy (non-hydrogen) atoms. The van der Waals surface area contributed by atoms with Crippen molar-refractivity contribution in [3.05, 3.63) is 45.6 Å². The number of ether oxygens (including phenoxy) is 1. The Morgan fingerprint density at radius 2 is 2.10 bits per heavy atom. The number of phenols is 1. The van der Waals surface area contributed by atoms with E-state index in [4.69, 9.17) is 9.26 Å². The Hall–Kier alpha value is -2.87. The van der Waals surface area contributed by atoms with E-state index in [1.54, 1.807) is 6.92 Å². The molecule has 1 atom stereocenters. The summed E-state index contributed by atoms with van der Waals surface area (Å²) < 4.78 is 11.5. The minimum absolute atomic E-state index is 0.159. The Morgan fingerprint density at radius 1 is 1.31 bits per heavy atom. The lowest BCUT2D eigenvalue weighted by molar-refractivity contribution is -0.137. The van der Waals surface area contributed by atoms with E-state index in [9.17, 15) is 9.90 Å². The predicted molar refractivity (Wildman–Crippen MR) is 109 cm³/mol. The Bertz CT molecular complexity index is 1070. The van der Waals surface area contributed by atoms with E-state index in [0.717, 1.165) is 27.1 Å². The van der Waals surface area contributed by atoms with E-state index >= 15 is 0 Å². The number of hydrogen-bond acceptors (Lipinski definition) is 7. The molecule has 2 aromatic heterocycles. The van der Waals surface area contributed by atoms with Crippen LogP contribution in [0, 0.1) is 20.8 Å². The van der Waals surface area contributed by atoms with Gasteiger partial charge in [0.15, 0.2) is 11.4 Å². The number of benzene rings is 1. The number of phenolic OH excluding ortho intramolecular Hbond substituents is 1. The van der Waals surface area contributed by atoms with Gasteiger partial charge in [-0.15, -0.1) is 11.3 Å². The number of aromatic nitrogens is 2. The van der Waals surface area contributed by atoms with Crippen LogP contribution in [0.25, 0.3) is 10.8 Å². The van der Waals surface area contributed by atoms with Crippen LogP contribution < -0.4 is 10.1 Å². The first-order valence-electron chi connectivity index (χ1n) is 9.45. The quantitative estimate of drug-likeness (QED) is 0.675. The van der Waals surface area contributed by atoms with Crippen LogP contribution in [0.1, 0.15) is 41.4 Å². The van der Waals surface area contributed by atoms with Gasteiger partial charge in [-0.05, 0) is 62.3 Å². The highest BCUT2D eigenvalue weighted by Gasteiger charge is 2.40. The van der Waals surface area contributed by atoms with E-state index in [0.29, 0.717) is 36.1 Å². The first-order chi connectivity index (χ1) is 13.8. The Morgan fingerprint density at radius 3 is 2.83 bits per heavy atom. The summed E-state index contributed by atoms with van der Waals surface area (Å²) in [5.74, 6) is 1.63. The maximum atomic E-state index is 12.9. The van der Waals surface area contributed by atoms with Crippen molar-refractivity contribution in [3.8, 4) is 22.3 Å². The second-order valence-corrected chi connectivity index (χ2v) is 8.49. The summed E-state index contributed by atoms with van der Waals surface area (Å²) in [4.78, 5) is 18.1. The topological polar surface area (TPSA) is 97.5 Å². The van der Waals surface area contributed by atoms with Gasteiger partial charge in [0.2, 0.25) is 0 Å². The van der Waals surface area contributed by atoms with Gasteiger partial charge in [-0.25, -0.2) is 0 Å². The van der Waals surface area contributed by atoms with Crippen molar-refractivity contribution in [2.24, 2.45) is 0 Å². The number of rotatable bonds is 4. The molecule has 3 heterocycles. The molecule has 1 aliphatic heterocycles. The van der Waals surface area contributed by atoms with Crippen LogP contribution in [0.5, 0.6) is 11.5 Å². The zero-order valence-electron chi connectivity index (χ0n) is 16.8. The van der Waals surface area contributed by atoms with E-state index in [2.05, 4.69) is 15.5 Å². The molecule has 3 aromatic rings. The van der Waals surface area contributed by atoms with Gasteiger partial charge < -0.3 is 19.7 Å². The van der Waals surface area contributed by atoms with Crippen LogP contribution in [0.2, 0.25) is 0 Å². The van der Waals surface area contributed by atoms with E-state index in [1.165, 1.54) is 11.3 Å². The molecule has 0 saturated heterocycles. The Kier molecular flexibility index (Phi) is 4.82. The van der Waals surface area contributed by atoms with Crippen LogP contribution in [0.3, 0.4) is 0 Å². The first kappa shape index (κ1) is 19.4. The third kappa shape index (κ3) is 3.37. The summed E-state index contributed by atoms with van der Waals surface area (Å²) in [6.07, 6.45) is 1.17. The number of fused-ring (bicyclic) bond motifs is 1. The van der Waals surface area contributed by atoms with E-state index in [1.807, 2.05) is 38.3 Å². The molecule has 1 unspecified atom stereocenters. The molecule has 1 amide bonds. The lowest BCUT2D eigenvalue weighted by Gasteiger charge is -2.36. The summed E-state index contributed by atoms with van der Waals surface area (Å²) in [6, 6.07) is 3.81. The average Bonchev–Trinajstić information content (AvgIpc) is 3.40. The smallest absolute Gasteiger partial charge is 0.268 e. The fraction of sp³-hybridized carbons (Fsp3) is 0.381. The van der Waals surface area contributed by atoms with Crippen LogP contribution >= 0.6 is 11.3 Å². The molecule has 0 saturated carbocycles. The normalized spacial score (nSPS) is 18.2. The fourth-order valence-corrected chi connectivity index (χ4v) is 4.22. The molecular formula is C21H23N3O4S. The maximum absolute atomic E-state index is 12.9. The van der Waals surface area contributed by atoms with Crippen molar-refractivity contribution in [1.29, 1.82) is 0 Å². The number of nitrogens with one attached hydrogen (secondary N) is 1. The zero-order valence-corrected chi connectivity index (χ0v) is 17.6. The van der Waals surface area contributed by atoms with E-state index < -0.39 is 5.60 Å². The Labute approximate surface area is 172 Å². The van der Waals surface area contributed by atoms with Gasteiger partial charge in [0, 0.05) is 12.0 Å². The summed E-state index contributed by atoms with van der Waals surface area (Å²) in [5, 5.41) is 19.0. The van der Waals surface area contributed by atoms with Crippen molar-refractivity contribution in [2.45, 2.75) is 52.7 Å². The van der Waals surface area contributed by atoms with Gasteiger partial charge >= 0.3 is 0 Å². The minimum Gasteiger partial charge on any atom is -0.507 e. The highest BCUT2D eigenvalue weighted by Crippen LogP contribution is 2.43. The van der Waals surface area contributed by atoms with Crippen molar-refractivity contribution in [3.63, 3.8) is 0 Å². The molecule has 1 aromatic carbocycles. The fourth-order valence-electron chi connectivity index (χ4n) is 3.58. The third-order valence-electron chi connectivity index (χ3n) is 5.61. The second kappa shape index (κ2) is 7.18. The molecule has 4 rings (SSSR count).